The Bertz CT molecular complexity index is 437. The molecule has 2 N–H and O–H groups in total. The van der Waals surface area contributed by atoms with E-state index in [0.29, 0.717) is 42.8 Å². The summed E-state index contributed by atoms with van der Waals surface area (Å²) in [6.45, 7) is 6.27. The molecule has 0 amide bonds. The second kappa shape index (κ2) is 6.46. The molecule has 0 spiro atoms. The minimum absolute atomic E-state index is 0.247. The van der Waals surface area contributed by atoms with E-state index in [1.165, 1.54) is 0 Å². The maximum atomic E-state index is 9.72. The number of rotatable bonds is 5. The van der Waals surface area contributed by atoms with Crippen LogP contribution in [0.15, 0.2) is 12.1 Å². The fraction of sp³-hybridized carbons (Fsp3) is 0.571. The average molecular weight is 286 g/mol. The van der Waals surface area contributed by atoms with Gasteiger partial charge in [-0.25, -0.2) is 0 Å². The summed E-state index contributed by atoms with van der Waals surface area (Å²) in [6.07, 6.45) is -0.340. The van der Waals surface area contributed by atoms with E-state index in [4.69, 9.17) is 21.1 Å². The lowest BCUT2D eigenvalue weighted by Crippen LogP contribution is -2.30. The molecule has 4 nitrogen and oxygen atoms in total. The number of benzene rings is 1. The van der Waals surface area contributed by atoms with Crippen molar-refractivity contribution in [1.82, 2.24) is 5.32 Å². The highest BCUT2D eigenvalue weighted by Crippen LogP contribution is 2.38. The molecule has 0 radical (unpaired) electrons. The number of nitrogens with one attached hydrogen (secondary N) is 1. The first-order chi connectivity index (χ1) is 9.08. The smallest absolute Gasteiger partial charge is 0.179 e. The van der Waals surface area contributed by atoms with Gasteiger partial charge in [0.1, 0.15) is 13.2 Å². The van der Waals surface area contributed by atoms with Gasteiger partial charge in [0.2, 0.25) is 0 Å². The quantitative estimate of drug-likeness (QED) is 0.871. The Morgan fingerprint density at radius 3 is 2.79 bits per heavy atom. The van der Waals surface area contributed by atoms with E-state index < -0.39 is 0 Å². The van der Waals surface area contributed by atoms with Crippen LogP contribution in [0, 0.1) is 5.92 Å². The summed E-state index contributed by atoms with van der Waals surface area (Å²) in [4.78, 5) is 0. The molecule has 0 aliphatic carbocycles. The lowest BCUT2D eigenvalue weighted by molar-refractivity contribution is 0.123. The third kappa shape index (κ3) is 3.75. The molecule has 1 aromatic carbocycles. The van der Waals surface area contributed by atoms with E-state index in [0.717, 1.165) is 5.56 Å². The zero-order valence-corrected chi connectivity index (χ0v) is 12.0. The molecule has 1 atom stereocenters. The van der Waals surface area contributed by atoms with Gasteiger partial charge in [-0.1, -0.05) is 25.4 Å². The molecule has 1 aliphatic rings. The van der Waals surface area contributed by atoms with E-state index >= 15 is 0 Å². The first-order valence-electron chi connectivity index (χ1n) is 6.54. The molecule has 0 bridgehead atoms. The van der Waals surface area contributed by atoms with Crippen molar-refractivity contribution in [3.63, 3.8) is 0 Å². The van der Waals surface area contributed by atoms with E-state index in [1.807, 2.05) is 26.0 Å². The van der Waals surface area contributed by atoms with Gasteiger partial charge in [0.15, 0.2) is 11.5 Å². The van der Waals surface area contributed by atoms with Gasteiger partial charge in [0.25, 0.3) is 0 Å². The molecule has 0 saturated carbocycles. The standard InChI is InChI=1S/C14H20ClNO3/c1-9(2)12(17)8-16-7-10-5-11(15)14-13(6-10)18-3-4-19-14/h5-6,9,12,16-17H,3-4,7-8H2,1-2H3. The summed E-state index contributed by atoms with van der Waals surface area (Å²) < 4.78 is 11.0. The van der Waals surface area contributed by atoms with E-state index in [2.05, 4.69) is 5.32 Å². The second-order valence-corrected chi connectivity index (χ2v) is 5.45. The fourth-order valence-electron chi connectivity index (χ4n) is 1.87. The highest BCUT2D eigenvalue weighted by atomic mass is 35.5. The molecule has 0 aromatic heterocycles. The molecule has 0 saturated heterocycles. The van der Waals surface area contributed by atoms with Gasteiger partial charge >= 0.3 is 0 Å². The Hall–Kier alpha value is -0.970. The van der Waals surface area contributed by atoms with Gasteiger partial charge in [-0.15, -0.1) is 0 Å². The van der Waals surface area contributed by atoms with Crippen molar-refractivity contribution in [2.45, 2.75) is 26.5 Å². The highest BCUT2D eigenvalue weighted by molar-refractivity contribution is 6.32. The molecule has 5 heteroatoms. The van der Waals surface area contributed by atoms with Gasteiger partial charge in [-0.3, -0.25) is 0 Å². The Labute approximate surface area is 118 Å². The van der Waals surface area contributed by atoms with Gasteiger partial charge in [-0.2, -0.15) is 0 Å². The van der Waals surface area contributed by atoms with Gasteiger partial charge < -0.3 is 19.9 Å². The summed E-state index contributed by atoms with van der Waals surface area (Å²) in [5.41, 5.74) is 1.02. The van der Waals surface area contributed by atoms with Crippen LogP contribution >= 0.6 is 11.6 Å². The summed E-state index contributed by atoms with van der Waals surface area (Å²) in [5.74, 6) is 1.56. The molecule has 0 fully saturated rings. The van der Waals surface area contributed by atoms with Crippen LogP contribution in [0.25, 0.3) is 0 Å². The summed E-state index contributed by atoms with van der Waals surface area (Å²) in [5, 5.41) is 13.5. The molecule has 19 heavy (non-hydrogen) atoms. The molecule has 2 rings (SSSR count). The van der Waals surface area contributed by atoms with Crippen LogP contribution in [-0.4, -0.2) is 31.0 Å². The number of fused-ring (bicyclic) bond motifs is 1. The first kappa shape index (κ1) is 14.4. The van der Waals surface area contributed by atoms with Crippen LogP contribution in [0.3, 0.4) is 0 Å². The van der Waals surface area contributed by atoms with Crippen molar-refractivity contribution in [2.24, 2.45) is 5.92 Å². The number of hydrogen-bond acceptors (Lipinski definition) is 4. The number of aliphatic hydroxyl groups is 1. The molecule has 1 aliphatic heterocycles. The highest BCUT2D eigenvalue weighted by Gasteiger charge is 2.16. The molecule has 106 valence electrons. The fourth-order valence-corrected chi connectivity index (χ4v) is 2.15. The van der Waals surface area contributed by atoms with Crippen molar-refractivity contribution in [3.05, 3.63) is 22.7 Å². The summed E-state index contributed by atoms with van der Waals surface area (Å²) >= 11 is 6.16. The number of hydrogen-bond donors (Lipinski definition) is 2. The summed E-state index contributed by atoms with van der Waals surface area (Å²) in [6, 6.07) is 3.79. The Kier molecular flexibility index (Phi) is 4.91. The minimum Gasteiger partial charge on any atom is -0.486 e. The van der Waals surface area contributed by atoms with E-state index in [-0.39, 0.29) is 12.0 Å². The zero-order valence-electron chi connectivity index (χ0n) is 11.3. The van der Waals surface area contributed by atoms with Crippen LogP contribution in [0.5, 0.6) is 11.5 Å². The van der Waals surface area contributed by atoms with Crippen LogP contribution in [0.2, 0.25) is 5.02 Å². The second-order valence-electron chi connectivity index (χ2n) is 5.04. The molecule has 1 aromatic rings. The van der Waals surface area contributed by atoms with Gasteiger partial charge in [-0.05, 0) is 23.6 Å². The minimum atomic E-state index is -0.340. The largest absolute Gasteiger partial charge is 0.486 e. The Morgan fingerprint density at radius 1 is 1.32 bits per heavy atom. The van der Waals surface area contributed by atoms with Crippen LogP contribution < -0.4 is 14.8 Å². The molecule has 1 heterocycles. The first-order valence-corrected chi connectivity index (χ1v) is 6.92. The molecular formula is C14H20ClNO3. The lowest BCUT2D eigenvalue weighted by atomic mass is 10.1. The van der Waals surface area contributed by atoms with Gasteiger partial charge in [0.05, 0.1) is 11.1 Å². The maximum Gasteiger partial charge on any atom is 0.179 e. The third-order valence-electron chi connectivity index (χ3n) is 3.11. The van der Waals surface area contributed by atoms with Gasteiger partial charge in [0, 0.05) is 13.1 Å². The van der Waals surface area contributed by atoms with Crippen molar-refractivity contribution in [1.29, 1.82) is 0 Å². The predicted octanol–water partition coefficient (Wildman–Crippen LogP) is 2.22. The Morgan fingerprint density at radius 2 is 2.05 bits per heavy atom. The maximum absolute atomic E-state index is 9.72. The summed E-state index contributed by atoms with van der Waals surface area (Å²) in [7, 11) is 0. The number of halogens is 1. The van der Waals surface area contributed by atoms with Crippen molar-refractivity contribution < 1.29 is 14.6 Å². The van der Waals surface area contributed by atoms with Crippen molar-refractivity contribution in [2.75, 3.05) is 19.8 Å². The molecule has 1 unspecified atom stereocenters. The predicted molar refractivity (Wildman–Crippen MR) is 75.0 cm³/mol. The number of aliphatic hydroxyl groups excluding tert-OH is 1. The van der Waals surface area contributed by atoms with E-state index in [1.54, 1.807) is 0 Å². The monoisotopic (exact) mass is 285 g/mol. The zero-order chi connectivity index (χ0) is 13.8. The average Bonchev–Trinajstić information content (AvgIpc) is 2.38. The van der Waals surface area contributed by atoms with E-state index in [9.17, 15) is 5.11 Å². The SMILES string of the molecule is CC(C)C(O)CNCc1cc(Cl)c2c(c1)OCCO2. The Balaban J connectivity index is 1.96. The normalized spacial score (nSPS) is 15.6. The number of ether oxygens (including phenoxy) is 2. The molecular weight excluding hydrogens is 266 g/mol. The topological polar surface area (TPSA) is 50.7 Å². The van der Waals surface area contributed by atoms with Crippen LogP contribution in [-0.2, 0) is 6.54 Å². The third-order valence-corrected chi connectivity index (χ3v) is 3.39. The lowest BCUT2D eigenvalue weighted by Gasteiger charge is -2.20. The van der Waals surface area contributed by atoms with Crippen molar-refractivity contribution >= 4 is 11.6 Å². The van der Waals surface area contributed by atoms with Crippen LogP contribution in [0.1, 0.15) is 19.4 Å². The van der Waals surface area contributed by atoms with Crippen LogP contribution in [0.4, 0.5) is 0 Å². The van der Waals surface area contributed by atoms with Crippen molar-refractivity contribution in [3.8, 4) is 11.5 Å².